The molecular weight excluding hydrogens is 1080 g/mol. The second-order valence-electron chi connectivity index (χ2n) is 23.6. The molecule has 0 fully saturated rings. The molecule has 0 rings (SSSR count). The number of hydrogen-bond acceptors (Lipinski definition) is 5. The maximum absolute atomic E-state index is 12.4. The smallest absolute Gasteiger partial charge is 0.306 e. The lowest BCUT2D eigenvalue weighted by molar-refractivity contribution is -0.161. The number of hydrogen-bond donors (Lipinski definition) is 1. The second kappa shape index (κ2) is 76.2. The van der Waals surface area contributed by atoms with Crippen LogP contribution in [0.1, 0.15) is 309 Å². The van der Waals surface area contributed by atoms with Gasteiger partial charge in [0, 0.05) is 12.8 Å². The van der Waals surface area contributed by atoms with Gasteiger partial charge < -0.3 is 14.6 Å². The standard InChI is InChI=1S/C83H134O5/c1-3-5-7-9-11-13-15-17-19-21-23-25-27-29-31-33-35-37-39-40-41-42-44-45-47-49-51-53-55-57-59-61-63-65-67-69-71-73-75-77-82(85)87-80-81(79-84)88-83(86)78-76-74-72-70-68-66-64-62-60-58-56-54-52-50-48-46-43-38-36-34-32-30-28-26-24-22-20-18-16-14-12-10-8-6-4-2/h5-8,11-14,17-20,23-26,29-32,36,38,46,48,52,54,58,60,64,66,81,84H,3-4,9-10,15-16,21-22,27-28,33-35,37,39-45,47,49-51,53,55-57,59,61-63,65,67-80H2,1-2H3/b7-5-,8-6-,13-11-,14-12-,19-17-,20-18-,25-23-,26-24-,31-29-,32-30-,38-36-,48-46-,54-52-,60-58-,66-64-. The molecule has 0 heterocycles. The number of aliphatic hydroxyl groups excluding tert-OH is 1. The summed E-state index contributed by atoms with van der Waals surface area (Å²) < 4.78 is 10.7. The molecule has 496 valence electrons. The van der Waals surface area contributed by atoms with E-state index < -0.39 is 6.10 Å². The normalized spacial score (nSPS) is 13.4. The van der Waals surface area contributed by atoms with E-state index in [1.807, 2.05) is 0 Å². The molecule has 0 bridgehead atoms. The van der Waals surface area contributed by atoms with Gasteiger partial charge in [-0.25, -0.2) is 0 Å². The van der Waals surface area contributed by atoms with E-state index in [9.17, 15) is 14.7 Å². The summed E-state index contributed by atoms with van der Waals surface area (Å²) in [4.78, 5) is 24.7. The van der Waals surface area contributed by atoms with Crippen LogP contribution in [0.2, 0.25) is 0 Å². The maximum atomic E-state index is 12.4. The molecule has 88 heavy (non-hydrogen) atoms. The summed E-state index contributed by atoms with van der Waals surface area (Å²) in [6, 6.07) is 0. The third kappa shape index (κ3) is 73.5. The summed E-state index contributed by atoms with van der Waals surface area (Å²) in [6.45, 7) is 3.90. The van der Waals surface area contributed by atoms with Crippen LogP contribution in [0.25, 0.3) is 0 Å². The van der Waals surface area contributed by atoms with Gasteiger partial charge in [-0.15, -0.1) is 0 Å². The van der Waals surface area contributed by atoms with Crippen molar-refractivity contribution in [3.63, 3.8) is 0 Å². The highest BCUT2D eigenvalue weighted by atomic mass is 16.6. The summed E-state index contributed by atoms with van der Waals surface area (Å²) >= 11 is 0. The van der Waals surface area contributed by atoms with Gasteiger partial charge in [0.15, 0.2) is 6.10 Å². The van der Waals surface area contributed by atoms with Crippen molar-refractivity contribution in [3.05, 3.63) is 182 Å². The Morgan fingerprint density at radius 2 is 0.455 bits per heavy atom. The molecule has 0 aromatic rings. The lowest BCUT2D eigenvalue weighted by Crippen LogP contribution is -2.28. The van der Waals surface area contributed by atoms with Crippen molar-refractivity contribution in [1.29, 1.82) is 0 Å². The Morgan fingerprint density at radius 3 is 0.682 bits per heavy atom. The zero-order chi connectivity index (χ0) is 63.3. The van der Waals surface area contributed by atoms with Crippen LogP contribution in [0.3, 0.4) is 0 Å². The SMILES string of the molecule is CC/C=C\C/C=C\C/C=C\C/C=C\C/C=C\C/C=C\C/C=C\C/C=C\C/C=C\C/C=C\CCCCCCC(=O)OC(CO)COC(=O)CCCCCCCCCCCCCCCCCCCCCCCCC/C=C\C/C=C\C/C=C\C/C=C\C/C=C\CC. The molecule has 1 unspecified atom stereocenters. The first-order valence-electron chi connectivity index (χ1n) is 36.3. The Bertz CT molecular complexity index is 1960. The molecule has 0 aliphatic carbocycles. The van der Waals surface area contributed by atoms with E-state index in [-0.39, 0.29) is 25.2 Å². The number of rotatable bonds is 65. The predicted molar refractivity (Wildman–Crippen MR) is 389 cm³/mol. The van der Waals surface area contributed by atoms with Crippen LogP contribution in [0.5, 0.6) is 0 Å². The van der Waals surface area contributed by atoms with Gasteiger partial charge in [0.05, 0.1) is 6.61 Å². The third-order valence-electron chi connectivity index (χ3n) is 15.2. The minimum absolute atomic E-state index is 0.0840. The average Bonchev–Trinajstić information content (AvgIpc) is 3.54. The molecule has 0 saturated carbocycles. The third-order valence-corrected chi connectivity index (χ3v) is 15.2. The van der Waals surface area contributed by atoms with E-state index >= 15 is 0 Å². The van der Waals surface area contributed by atoms with Crippen molar-refractivity contribution < 1.29 is 24.2 Å². The summed E-state index contributed by atoms with van der Waals surface area (Å²) in [6.07, 6.45) is 119. The van der Waals surface area contributed by atoms with E-state index in [0.717, 1.165) is 148 Å². The highest BCUT2D eigenvalue weighted by Crippen LogP contribution is 2.17. The summed E-state index contributed by atoms with van der Waals surface area (Å²) in [7, 11) is 0. The van der Waals surface area contributed by atoms with E-state index in [1.54, 1.807) is 0 Å². The van der Waals surface area contributed by atoms with Crippen LogP contribution >= 0.6 is 0 Å². The minimum atomic E-state index is -0.799. The highest BCUT2D eigenvalue weighted by molar-refractivity contribution is 5.70. The first-order valence-corrected chi connectivity index (χ1v) is 36.3. The molecule has 0 saturated heterocycles. The van der Waals surface area contributed by atoms with Crippen molar-refractivity contribution in [3.8, 4) is 0 Å². The average molecular weight is 1210 g/mol. The molecule has 1 N–H and O–H groups in total. The predicted octanol–water partition coefficient (Wildman–Crippen LogP) is 25.8. The fraction of sp³-hybridized carbons (Fsp3) is 0.614. The van der Waals surface area contributed by atoms with Gasteiger partial charge in [0.1, 0.15) is 6.61 Å². The second-order valence-corrected chi connectivity index (χ2v) is 23.6. The zero-order valence-corrected chi connectivity index (χ0v) is 56.9. The number of allylic oxidation sites excluding steroid dienone is 30. The molecular formula is C83H134O5. The molecule has 5 heteroatoms. The lowest BCUT2D eigenvalue weighted by atomic mass is 10.0. The fourth-order valence-corrected chi connectivity index (χ4v) is 9.85. The molecule has 0 radical (unpaired) electrons. The van der Waals surface area contributed by atoms with Crippen molar-refractivity contribution in [1.82, 2.24) is 0 Å². The lowest BCUT2D eigenvalue weighted by Gasteiger charge is -2.15. The van der Waals surface area contributed by atoms with E-state index in [0.29, 0.717) is 12.8 Å². The topological polar surface area (TPSA) is 72.8 Å². The number of carbonyl (C=O) groups is 2. The number of esters is 2. The van der Waals surface area contributed by atoms with E-state index in [4.69, 9.17) is 9.47 Å². The summed E-state index contributed by atoms with van der Waals surface area (Å²) in [5.74, 6) is -0.621. The van der Waals surface area contributed by atoms with Gasteiger partial charge in [-0.05, 0) is 135 Å². The minimum Gasteiger partial charge on any atom is -0.462 e. The van der Waals surface area contributed by atoms with Gasteiger partial charge in [0.25, 0.3) is 0 Å². The van der Waals surface area contributed by atoms with E-state index in [1.165, 1.54) is 135 Å². The number of carbonyl (C=O) groups excluding carboxylic acids is 2. The molecule has 0 aromatic heterocycles. The molecule has 1 atom stereocenters. The molecule has 0 spiro atoms. The zero-order valence-electron chi connectivity index (χ0n) is 56.9. The van der Waals surface area contributed by atoms with Gasteiger partial charge in [-0.3, -0.25) is 9.59 Å². The maximum Gasteiger partial charge on any atom is 0.306 e. The fourth-order valence-electron chi connectivity index (χ4n) is 9.85. The van der Waals surface area contributed by atoms with Gasteiger partial charge >= 0.3 is 11.9 Å². The summed E-state index contributed by atoms with van der Waals surface area (Å²) in [5, 5.41) is 9.71. The number of aliphatic hydroxyl groups is 1. The molecule has 0 aromatic carbocycles. The van der Waals surface area contributed by atoms with Crippen LogP contribution in [0.4, 0.5) is 0 Å². The molecule has 0 amide bonds. The monoisotopic (exact) mass is 1210 g/mol. The molecule has 0 aliphatic heterocycles. The number of ether oxygens (including phenoxy) is 2. The van der Waals surface area contributed by atoms with Crippen LogP contribution in [0, 0.1) is 0 Å². The number of unbranched alkanes of at least 4 members (excludes halogenated alkanes) is 27. The van der Waals surface area contributed by atoms with Gasteiger partial charge in [-0.2, -0.15) is 0 Å². The molecule has 5 nitrogen and oxygen atoms in total. The summed E-state index contributed by atoms with van der Waals surface area (Å²) in [5.41, 5.74) is 0. The van der Waals surface area contributed by atoms with Gasteiger partial charge in [0.2, 0.25) is 0 Å². The Balaban J connectivity index is 3.54. The Hall–Kier alpha value is -5.00. The van der Waals surface area contributed by atoms with Crippen LogP contribution in [-0.2, 0) is 19.1 Å². The van der Waals surface area contributed by atoms with Crippen LogP contribution < -0.4 is 0 Å². The first-order chi connectivity index (χ1) is 43.6. The first kappa shape index (κ1) is 83.0. The van der Waals surface area contributed by atoms with Crippen molar-refractivity contribution in [2.45, 2.75) is 315 Å². The van der Waals surface area contributed by atoms with Crippen molar-refractivity contribution >= 4 is 11.9 Å². The Labute approximate surface area is 544 Å². The largest absolute Gasteiger partial charge is 0.462 e. The Kier molecular flexibility index (Phi) is 71.9. The molecule has 0 aliphatic rings. The quantitative estimate of drug-likeness (QED) is 0.0373. The highest BCUT2D eigenvalue weighted by Gasteiger charge is 2.16. The van der Waals surface area contributed by atoms with Crippen molar-refractivity contribution in [2.75, 3.05) is 13.2 Å². The van der Waals surface area contributed by atoms with Crippen LogP contribution in [-0.4, -0.2) is 36.4 Å². The van der Waals surface area contributed by atoms with E-state index in [2.05, 4.69) is 196 Å². The Morgan fingerprint density at radius 1 is 0.261 bits per heavy atom. The van der Waals surface area contributed by atoms with Gasteiger partial charge in [-0.1, -0.05) is 344 Å². The van der Waals surface area contributed by atoms with Crippen molar-refractivity contribution in [2.24, 2.45) is 0 Å². The van der Waals surface area contributed by atoms with Crippen LogP contribution in [0.15, 0.2) is 182 Å².